The molecule has 5 heteroatoms. The molecule has 2 fully saturated rings. The van der Waals surface area contributed by atoms with Crippen molar-refractivity contribution in [3.63, 3.8) is 0 Å². The Hall–Kier alpha value is -1.36. The predicted molar refractivity (Wildman–Crippen MR) is 75.6 cm³/mol. The Kier molecular flexibility index (Phi) is 3.78. The first-order valence-corrected chi connectivity index (χ1v) is 7.65. The van der Waals surface area contributed by atoms with Crippen LogP contribution in [0.15, 0.2) is 4.52 Å². The fraction of sp³-hybridized carbons (Fsp3) is 0.733. The van der Waals surface area contributed by atoms with Crippen molar-refractivity contribution in [2.24, 2.45) is 11.8 Å². The molecule has 0 aliphatic carbocycles. The van der Waals surface area contributed by atoms with Gasteiger partial charge < -0.3 is 14.7 Å². The number of amides is 1. The van der Waals surface area contributed by atoms with Gasteiger partial charge in [-0.2, -0.15) is 0 Å². The van der Waals surface area contributed by atoms with Gasteiger partial charge in [-0.05, 0) is 51.1 Å². The fourth-order valence-corrected chi connectivity index (χ4v) is 3.51. The van der Waals surface area contributed by atoms with E-state index in [-0.39, 0.29) is 5.91 Å². The summed E-state index contributed by atoms with van der Waals surface area (Å²) in [5, 5.41) is 7.46. The monoisotopic (exact) mass is 277 g/mol. The molecule has 5 nitrogen and oxygen atoms in total. The van der Waals surface area contributed by atoms with Crippen LogP contribution in [0.2, 0.25) is 0 Å². The minimum atomic E-state index is 0.105. The molecular formula is C15H23N3O2. The third-order valence-corrected chi connectivity index (χ3v) is 4.79. The Bertz CT molecular complexity index is 483. The summed E-state index contributed by atoms with van der Waals surface area (Å²) in [5.74, 6) is 2.23. The minimum Gasteiger partial charge on any atom is -0.361 e. The van der Waals surface area contributed by atoms with Crippen molar-refractivity contribution < 1.29 is 9.32 Å². The second-order valence-corrected chi connectivity index (χ2v) is 5.96. The van der Waals surface area contributed by atoms with Gasteiger partial charge in [0, 0.05) is 13.1 Å². The molecule has 0 unspecified atom stereocenters. The average Bonchev–Trinajstić information content (AvgIpc) is 3.00. The number of hydrogen-bond acceptors (Lipinski definition) is 4. The summed E-state index contributed by atoms with van der Waals surface area (Å²) < 4.78 is 5.20. The van der Waals surface area contributed by atoms with Crippen molar-refractivity contribution in [1.29, 1.82) is 0 Å². The van der Waals surface area contributed by atoms with Gasteiger partial charge in [-0.1, -0.05) is 12.1 Å². The van der Waals surface area contributed by atoms with Crippen molar-refractivity contribution >= 4 is 5.91 Å². The van der Waals surface area contributed by atoms with Crippen LogP contribution in [-0.4, -0.2) is 42.1 Å². The summed E-state index contributed by atoms with van der Waals surface area (Å²) in [6.45, 7) is 7.77. The lowest BCUT2D eigenvalue weighted by Crippen LogP contribution is -2.33. The van der Waals surface area contributed by atoms with E-state index in [2.05, 4.69) is 10.5 Å². The highest BCUT2D eigenvalue weighted by Crippen LogP contribution is 2.28. The zero-order valence-corrected chi connectivity index (χ0v) is 12.3. The average molecular weight is 277 g/mol. The van der Waals surface area contributed by atoms with Gasteiger partial charge in [0.05, 0.1) is 5.69 Å². The van der Waals surface area contributed by atoms with E-state index in [9.17, 15) is 4.79 Å². The zero-order valence-electron chi connectivity index (χ0n) is 12.3. The minimum absolute atomic E-state index is 0.105. The van der Waals surface area contributed by atoms with E-state index in [0.717, 1.165) is 63.0 Å². The normalized spacial score (nSPS) is 26.4. The van der Waals surface area contributed by atoms with E-state index in [0.29, 0.717) is 11.3 Å². The van der Waals surface area contributed by atoms with Crippen LogP contribution in [0.1, 0.15) is 41.6 Å². The first-order valence-electron chi connectivity index (χ1n) is 7.65. The van der Waals surface area contributed by atoms with Gasteiger partial charge in [0.25, 0.3) is 5.91 Å². The highest BCUT2D eigenvalue weighted by atomic mass is 16.5. The summed E-state index contributed by atoms with van der Waals surface area (Å²) in [6.07, 6.45) is 2.95. The molecule has 2 atom stereocenters. The molecular weight excluding hydrogens is 254 g/mol. The lowest BCUT2D eigenvalue weighted by Gasteiger charge is -2.20. The van der Waals surface area contributed by atoms with Crippen LogP contribution < -0.4 is 5.32 Å². The molecule has 2 saturated heterocycles. The van der Waals surface area contributed by atoms with Gasteiger partial charge in [-0.15, -0.1) is 0 Å². The fourth-order valence-electron chi connectivity index (χ4n) is 3.51. The maximum absolute atomic E-state index is 12.7. The first kappa shape index (κ1) is 13.6. The molecule has 110 valence electrons. The second-order valence-electron chi connectivity index (χ2n) is 5.96. The number of carbonyl (C=O) groups is 1. The van der Waals surface area contributed by atoms with Gasteiger partial charge in [-0.25, -0.2) is 0 Å². The van der Waals surface area contributed by atoms with Crippen LogP contribution in [0.5, 0.6) is 0 Å². The van der Waals surface area contributed by atoms with Crippen LogP contribution in [0.3, 0.4) is 0 Å². The van der Waals surface area contributed by atoms with Gasteiger partial charge >= 0.3 is 0 Å². The van der Waals surface area contributed by atoms with Crippen LogP contribution in [0.25, 0.3) is 0 Å². The molecule has 20 heavy (non-hydrogen) atoms. The van der Waals surface area contributed by atoms with Crippen molar-refractivity contribution in [2.45, 2.75) is 33.1 Å². The number of carbonyl (C=O) groups excluding carboxylic acids is 1. The van der Waals surface area contributed by atoms with Gasteiger partial charge in [-0.3, -0.25) is 4.79 Å². The van der Waals surface area contributed by atoms with Crippen molar-refractivity contribution in [3.8, 4) is 0 Å². The number of aromatic nitrogens is 1. The first-order chi connectivity index (χ1) is 9.70. The lowest BCUT2D eigenvalue weighted by molar-refractivity contribution is 0.0756. The standard InChI is InChI=1S/C15H23N3O2/c1-3-13-14(10(2)20-17-13)15(19)18-6-4-11-8-16-9-12(11)5-7-18/h11-12,16H,3-9H2,1-2H3/t11-,12+. The summed E-state index contributed by atoms with van der Waals surface area (Å²) in [5.41, 5.74) is 1.48. The Morgan fingerprint density at radius 1 is 1.35 bits per heavy atom. The van der Waals surface area contributed by atoms with Gasteiger partial charge in [0.15, 0.2) is 0 Å². The van der Waals surface area contributed by atoms with E-state index in [1.54, 1.807) is 0 Å². The van der Waals surface area contributed by atoms with E-state index in [4.69, 9.17) is 4.52 Å². The lowest BCUT2D eigenvalue weighted by atomic mass is 9.92. The highest BCUT2D eigenvalue weighted by Gasteiger charge is 2.33. The maximum Gasteiger partial charge on any atom is 0.259 e. The van der Waals surface area contributed by atoms with Crippen LogP contribution in [-0.2, 0) is 6.42 Å². The summed E-state index contributed by atoms with van der Waals surface area (Å²) in [6, 6.07) is 0. The summed E-state index contributed by atoms with van der Waals surface area (Å²) in [4.78, 5) is 14.7. The smallest absolute Gasteiger partial charge is 0.259 e. The summed E-state index contributed by atoms with van der Waals surface area (Å²) in [7, 11) is 0. The van der Waals surface area contributed by atoms with Crippen LogP contribution >= 0.6 is 0 Å². The largest absolute Gasteiger partial charge is 0.361 e. The number of hydrogen-bond donors (Lipinski definition) is 1. The Morgan fingerprint density at radius 3 is 2.60 bits per heavy atom. The Morgan fingerprint density at radius 2 is 2.00 bits per heavy atom. The third kappa shape index (κ3) is 2.35. The van der Waals surface area contributed by atoms with Crippen LogP contribution in [0, 0.1) is 18.8 Å². The molecule has 0 radical (unpaired) electrons. The van der Waals surface area contributed by atoms with Crippen molar-refractivity contribution in [1.82, 2.24) is 15.4 Å². The molecule has 2 aliphatic heterocycles. The molecule has 3 heterocycles. The quantitative estimate of drug-likeness (QED) is 0.892. The van der Waals surface area contributed by atoms with Gasteiger partial charge in [0.1, 0.15) is 11.3 Å². The number of nitrogens with zero attached hydrogens (tertiary/aromatic N) is 2. The van der Waals surface area contributed by atoms with Crippen molar-refractivity contribution in [2.75, 3.05) is 26.2 Å². The van der Waals surface area contributed by atoms with Crippen molar-refractivity contribution in [3.05, 3.63) is 17.0 Å². The zero-order chi connectivity index (χ0) is 14.1. The summed E-state index contributed by atoms with van der Waals surface area (Å²) >= 11 is 0. The maximum atomic E-state index is 12.7. The number of fused-ring (bicyclic) bond motifs is 1. The number of rotatable bonds is 2. The molecule has 0 spiro atoms. The number of likely N-dealkylation sites (tertiary alicyclic amines) is 1. The number of aryl methyl sites for hydroxylation is 2. The molecule has 0 aromatic carbocycles. The molecule has 1 amide bonds. The van der Waals surface area contributed by atoms with E-state index >= 15 is 0 Å². The van der Waals surface area contributed by atoms with E-state index in [1.165, 1.54) is 0 Å². The Balaban J connectivity index is 1.75. The number of nitrogens with one attached hydrogen (secondary N) is 1. The van der Waals surface area contributed by atoms with Crippen LogP contribution in [0.4, 0.5) is 0 Å². The topological polar surface area (TPSA) is 58.4 Å². The highest BCUT2D eigenvalue weighted by molar-refractivity contribution is 5.96. The molecule has 1 aromatic rings. The molecule has 0 saturated carbocycles. The molecule has 0 bridgehead atoms. The predicted octanol–water partition coefficient (Wildman–Crippen LogP) is 1.62. The van der Waals surface area contributed by atoms with Gasteiger partial charge in [0.2, 0.25) is 0 Å². The molecule has 2 aliphatic rings. The third-order valence-electron chi connectivity index (χ3n) is 4.79. The second kappa shape index (κ2) is 5.56. The SMILES string of the molecule is CCc1noc(C)c1C(=O)N1CC[C@@H]2CNC[C@@H]2CC1. The molecule has 3 rings (SSSR count). The Labute approximate surface area is 119 Å². The molecule has 1 aromatic heterocycles. The van der Waals surface area contributed by atoms with E-state index < -0.39 is 0 Å². The van der Waals surface area contributed by atoms with E-state index in [1.807, 2.05) is 18.7 Å². The molecule has 1 N–H and O–H groups in total.